The summed E-state index contributed by atoms with van der Waals surface area (Å²) in [5, 5.41) is 0. The van der Waals surface area contributed by atoms with Gasteiger partial charge in [-0.05, 0) is 17.1 Å². The highest BCUT2D eigenvalue weighted by molar-refractivity contribution is 9.26. The first-order chi connectivity index (χ1) is 12.4. The smallest absolute Gasteiger partial charge is 0.126 e. The molecule has 0 saturated carbocycles. The Morgan fingerprint density at radius 1 is 0.500 bits per heavy atom. The van der Waals surface area contributed by atoms with E-state index in [0.717, 1.165) is 11.1 Å². The molecule has 0 aromatic rings. The van der Waals surface area contributed by atoms with Crippen LogP contribution in [0.4, 0.5) is 0 Å². The van der Waals surface area contributed by atoms with Crippen LogP contribution in [-0.2, 0) is 0 Å². The number of hydrogen-bond donors (Lipinski definition) is 0. The summed E-state index contributed by atoms with van der Waals surface area (Å²) in [4.78, 5) is 0. The minimum atomic E-state index is -1.20. The third-order valence-electron chi connectivity index (χ3n) is 6.33. The highest BCUT2D eigenvalue weighted by atomic mass is 79.9. The molecule has 0 nitrogen and oxygen atoms in total. The molecule has 0 aromatic heterocycles. The molecule has 0 aromatic carbocycles. The molecule has 0 unspecified atom stereocenters. The molecule has 0 N–H and O–H groups in total. The molecule has 2 heteroatoms. The molecular weight excluding hydrogens is 396 g/mol. The van der Waals surface area contributed by atoms with E-state index in [1.165, 1.54) is 109 Å². The van der Waals surface area contributed by atoms with Gasteiger partial charge in [-0.1, -0.05) is 137 Å². The largest absolute Gasteiger partial charge is 0.135 e. The highest BCUT2D eigenvalue weighted by Crippen LogP contribution is 2.42. The maximum atomic E-state index is 4.20. The lowest BCUT2D eigenvalue weighted by Crippen LogP contribution is -2.33. The molecule has 0 fully saturated rings. The molecule has 0 rings (SSSR count). The third-order valence-corrected chi connectivity index (χ3v) is 18.0. The van der Waals surface area contributed by atoms with Crippen molar-refractivity contribution in [1.29, 1.82) is 0 Å². The minimum Gasteiger partial charge on any atom is -0.126 e. The molecule has 0 atom stereocenters. The fraction of sp³-hybridized carbons (Fsp3) is 1.00. The van der Waals surface area contributed by atoms with E-state index in [0.29, 0.717) is 0 Å². The van der Waals surface area contributed by atoms with Gasteiger partial charge in [0.2, 0.25) is 0 Å². The van der Waals surface area contributed by atoms with Gasteiger partial charge in [0.15, 0.2) is 0 Å². The van der Waals surface area contributed by atoms with Crippen molar-refractivity contribution < 1.29 is 0 Å². The van der Waals surface area contributed by atoms with Crippen LogP contribution in [-0.4, -0.2) is 6.69 Å². The van der Waals surface area contributed by atoms with E-state index >= 15 is 0 Å². The first-order valence-electron chi connectivity index (χ1n) is 12.1. The average molecular weight is 448 g/mol. The second-order valence-corrected chi connectivity index (χ2v) is 18.4. The first-order valence-corrected chi connectivity index (χ1v) is 16.8. The topological polar surface area (TPSA) is 0 Å². The number of halogens is 1. The second-order valence-electron chi connectivity index (χ2n) is 9.29. The van der Waals surface area contributed by atoms with E-state index in [-0.39, 0.29) is 0 Å². The van der Waals surface area contributed by atoms with Crippen molar-refractivity contribution in [2.45, 2.75) is 154 Å². The van der Waals surface area contributed by atoms with Gasteiger partial charge in [-0.2, -0.15) is 0 Å². The van der Waals surface area contributed by atoms with Crippen LogP contribution in [0, 0.1) is 0 Å². The van der Waals surface area contributed by atoms with Crippen molar-refractivity contribution in [2.24, 2.45) is 0 Å². The van der Waals surface area contributed by atoms with Crippen LogP contribution in [0.3, 0.4) is 0 Å². The quantitative estimate of drug-likeness (QED) is 0.105. The Balaban J connectivity index is 3.32. The summed E-state index contributed by atoms with van der Waals surface area (Å²) < 4.78 is 0. The van der Waals surface area contributed by atoms with Gasteiger partial charge in [-0.15, -0.1) is 15.3 Å². The Morgan fingerprint density at radius 2 is 0.769 bits per heavy atom. The molecule has 0 heterocycles. The van der Waals surface area contributed by atoms with Crippen LogP contribution in [0.2, 0.25) is 17.1 Å². The predicted molar refractivity (Wildman–Crippen MR) is 129 cm³/mol. The second kappa shape index (κ2) is 17.8. The van der Waals surface area contributed by atoms with E-state index in [1.807, 2.05) is 0 Å². The van der Waals surface area contributed by atoms with Crippen molar-refractivity contribution in [2.75, 3.05) is 0 Å². The number of rotatable bonds is 19. The Bertz CT molecular complexity index is 280. The fourth-order valence-electron chi connectivity index (χ4n) is 4.19. The van der Waals surface area contributed by atoms with Gasteiger partial charge in [-0.3, -0.25) is 0 Å². The standard InChI is InChI=1S/C24H51BrSi/c1-6-7-8-9-10-11-12-13-14-15-16-17-18-19-20-21-22-26(25,23(2)3)24(4)5/h23-24H,6-22H2,1-5H3. The predicted octanol–water partition coefficient (Wildman–Crippen LogP) is 10.4. The lowest BCUT2D eigenvalue weighted by Gasteiger charge is -2.33. The van der Waals surface area contributed by atoms with Crippen molar-refractivity contribution in [1.82, 2.24) is 0 Å². The van der Waals surface area contributed by atoms with Gasteiger partial charge in [-0.25, -0.2) is 0 Å². The van der Waals surface area contributed by atoms with Crippen LogP contribution in [0.25, 0.3) is 0 Å². The zero-order valence-electron chi connectivity index (χ0n) is 19.1. The number of hydrogen-bond acceptors (Lipinski definition) is 0. The molecule has 0 aliphatic rings. The van der Waals surface area contributed by atoms with Crippen molar-refractivity contribution in [3.8, 4) is 0 Å². The molecule has 26 heavy (non-hydrogen) atoms. The summed E-state index contributed by atoms with van der Waals surface area (Å²) in [6.07, 6.45) is 23.4. The van der Waals surface area contributed by atoms with E-state index in [4.69, 9.17) is 0 Å². The van der Waals surface area contributed by atoms with Gasteiger partial charge < -0.3 is 0 Å². The highest BCUT2D eigenvalue weighted by Gasteiger charge is 2.36. The fourth-order valence-corrected chi connectivity index (χ4v) is 8.31. The zero-order chi connectivity index (χ0) is 19.7. The van der Waals surface area contributed by atoms with Gasteiger partial charge in [0.05, 0.1) is 0 Å². The molecule has 0 saturated heterocycles. The molecule has 0 radical (unpaired) electrons. The maximum Gasteiger partial charge on any atom is 0.135 e. The zero-order valence-corrected chi connectivity index (χ0v) is 21.6. The lowest BCUT2D eigenvalue weighted by atomic mass is 10.0. The van der Waals surface area contributed by atoms with Gasteiger partial charge in [0.25, 0.3) is 0 Å². The summed E-state index contributed by atoms with van der Waals surface area (Å²) in [6, 6.07) is 1.47. The Labute approximate surface area is 176 Å². The van der Waals surface area contributed by atoms with Crippen molar-refractivity contribution >= 4 is 22.0 Å². The first kappa shape index (κ1) is 26.7. The van der Waals surface area contributed by atoms with Gasteiger partial charge in [0.1, 0.15) is 6.69 Å². The summed E-state index contributed by atoms with van der Waals surface area (Å²) >= 11 is 4.20. The molecule has 0 amide bonds. The third kappa shape index (κ3) is 13.8. The molecule has 158 valence electrons. The van der Waals surface area contributed by atoms with Crippen molar-refractivity contribution in [3.63, 3.8) is 0 Å². The molecule has 0 spiro atoms. The monoisotopic (exact) mass is 446 g/mol. The van der Waals surface area contributed by atoms with Crippen LogP contribution in [0.5, 0.6) is 0 Å². The number of unbranched alkanes of at least 4 members (excludes halogenated alkanes) is 15. The van der Waals surface area contributed by atoms with Crippen LogP contribution in [0.15, 0.2) is 0 Å². The van der Waals surface area contributed by atoms with E-state index in [2.05, 4.69) is 49.9 Å². The van der Waals surface area contributed by atoms with E-state index in [1.54, 1.807) is 0 Å². The lowest BCUT2D eigenvalue weighted by molar-refractivity contribution is 0.531. The molecule has 0 bridgehead atoms. The Hall–Kier alpha value is 0.697. The molecule has 0 aliphatic carbocycles. The maximum absolute atomic E-state index is 4.20. The van der Waals surface area contributed by atoms with Crippen LogP contribution in [0.1, 0.15) is 137 Å². The normalized spacial score (nSPS) is 12.5. The summed E-state index contributed by atoms with van der Waals surface area (Å²) in [6.45, 7) is 10.8. The Morgan fingerprint density at radius 3 is 1.04 bits per heavy atom. The summed E-state index contributed by atoms with van der Waals surface area (Å²) in [7, 11) is 0. The van der Waals surface area contributed by atoms with Crippen LogP contribution >= 0.6 is 15.3 Å². The molecular formula is C24H51BrSi. The van der Waals surface area contributed by atoms with Gasteiger partial charge in [0, 0.05) is 0 Å². The van der Waals surface area contributed by atoms with E-state index < -0.39 is 6.69 Å². The summed E-state index contributed by atoms with van der Waals surface area (Å²) in [5.74, 6) is 0. The molecule has 0 aliphatic heterocycles. The summed E-state index contributed by atoms with van der Waals surface area (Å²) in [5.41, 5.74) is 1.72. The van der Waals surface area contributed by atoms with Crippen LogP contribution < -0.4 is 0 Å². The Kier molecular flexibility index (Phi) is 18.2. The van der Waals surface area contributed by atoms with E-state index in [9.17, 15) is 0 Å². The average Bonchev–Trinajstić information content (AvgIpc) is 2.60. The minimum absolute atomic E-state index is 0.860. The van der Waals surface area contributed by atoms with Gasteiger partial charge >= 0.3 is 0 Å². The SMILES string of the molecule is CCCCCCCCCCCCCCCCCC[Si](Br)(C(C)C)C(C)C. The van der Waals surface area contributed by atoms with Crippen molar-refractivity contribution in [3.05, 3.63) is 0 Å².